The van der Waals surface area contributed by atoms with Crippen molar-refractivity contribution < 1.29 is 14.4 Å². The number of nitrogens with two attached hydrogens (primary N) is 1. The molecule has 0 aliphatic heterocycles. The van der Waals surface area contributed by atoms with E-state index in [4.69, 9.17) is 15.2 Å². The number of nitrogens with zero attached hydrogens (tertiary/aromatic N) is 4. The molecule has 1 aromatic carbocycles. The quantitative estimate of drug-likeness (QED) is 0.643. The van der Waals surface area contributed by atoms with Gasteiger partial charge in [0.2, 0.25) is 5.95 Å². The lowest BCUT2D eigenvalue weighted by atomic mass is 10.3. The van der Waals surface area contributed by atoms with Gasteiger partial charge in [-0.05, 0) is 6.07 Å². The zero-order chi connectivity index (χ0) is 13.8. The van der Waals surface area contributed by atoms with Crippen LogP contribution in [0.5, 0.6) is 17.8 Å². The van der Waals surface area contributed by atoms with Gasteiger partial charge in [-0.1, -0.05) is 6.07 Å². The van der Waals surface area contributed by atoms with Gasteiger partial charge in [-0.3, -0.25) is 10.1 Å². The number of nitrogen functional groups attached to an aromatic ring is 1. The van der Waals surface area contributed by atoms with E-state index in [0.717, 1.165) is 0 Å². The van der Waals surface area contributed by atoms with Crippen LogP contribution in [-0.4, -0.2) is 27.0 Å². The summed E-state index contributed by atoms with van der Waals surface area (Å²) in [6.07, 6.45) is 0. The van der Waals surface area contributed by atoms with Gasteiger partial charge in [0.05, 0.1) is 18.1 Å². The Bertz CT molecular complexity index is 619. The van der Waals surface area contributed by atoms with Gasteiger partial charge >= 0.3 is 12.0 Å². The molecule has 0 unspecified atom stereocenters. The lowest BCUT2D eigenvalue weighted by Crippen LogP contribution is -2.02. The van der Waals surface area contributed by atoms with Crippen molar-refractivity contribution in [3.63, 3.8) is 0 Å². The topological polar surface area (TPSA) is 126 Å². The molecule has 1 heterocycles. The standard InChI is InChI=1S/C10H9N5O4/c1-18-9-12-8(11)13-10(14-9)19-7-4-2-3-6(5-7)15(16)17/h2-5H,1H3,(H2,11,12,13,14). The molecule has 19 heavy (non-hydrogen) atoms. The van der Waals surface area contributed by atoms with Crippen LogP contribution >= 0.6 is 0 Å². The fourth-order valence-electron chi connectivity index (χ4n) is 1.26. The molecule has 0 atom stereocenters. The summed E-state index contributed by atoms with van der Waals surface area (Å²) in [6.45, 7) is 0. The molecule has 0 saturated carbocycles. The maximum atomic E-state index is 10.6. The van der Waals surface area contributed by atoms with Crippen LogP contribution < -0.4 is 15.2 Å². The summed E-state index contributed by atoms with van der Waals surface area (Å²) in [6, 6.07) is 5.48. The number of hydrogen-bond acceptors (Lipinski definition) is 8. The summed E-state index contributed by atoms with van der Waals surface area (Å²) >= 11 is 0. The third-order valence-corrected chi connectivity index (χ3v) is 2.03. The zero-order valence-electron chi connectivity index (χ0n) is 9.81. The lowest BCUT2D eigenvalue weighted by Gasteiger charge is -2.05. The Morgan fingerprint density at radius 2 is 2.00 bits per heavy atom. The minimum atomic E-state index is -0.533. The highest BCUT2D eigenvalue weighted by atomic mass is 16.6. The average molecular weight is 263 g/mol. The van der Waals surface area contributed by atoms with E-state index in [9.17, 15) is 10.1 Å². The molecule has 1 aromatic heterocycles. The molecule has 2 N–H and O–H groups in total. The summed E-state index contributed by atoms with van der Waals surface area (Å²) in [5.74, 6) is 0.133. The number of rotatable bonds is 4. The van der Waals surface area contributed by atoms with E-state index in [-0.39, 0.29) is 29.4 Å². The van der Waals surface area contributed by atoms with E-state index in [1.165, 1.54) is 31.4 Å². The first kappa shape index (κ1) is 12.5. The number of hydrogen-bond donors (Lipinski definition) is 1. The van der Waals surface area contributed by atoms with Crippen molar-refractivity contribution in [2.24, 2.45) is 0 Å². The van der Waals surface area contributed by atoms with Gasteiger partial charge in [0, 0.05) is 6.07 Å². The predicted octanol–water partition coefficient (Wildman–Crippen LogP) is 1.16. The molecule has 0 fully saturated rings. The summed E-state index contributed by atoms with van der Waals surface area (Å²) in [4.78, 5) is 21.3. The van der Waals surface area contributed by atoms with Gasteiger partial charge in [0.25, 0.3) is 5.69 Å². The summed E-state index contributed by atoms with van der Waals surface area (Å²) in [5.41, 5.74) is 5.33. The SMILES string of the molecule is COc1nc(N)nc(Oc2cccc([N+](=O)[O-])c2)n1. The number of aromatic nitrogens is 3. The van der Waals surface area contributed by atoms with E-state index in [2.05, 4.69) is 15.0 Å². The number of benzene rings is 1. The fraction of sp³-hybridized carbons (Fsp3) is 0.100. The Morgan fingerprint density at radius 3 is 2.68 bits per heavy atom. The highest BCUT2D eigenvalue weighted by molar-refractivity contribution is 5.39. The molecule has 0 aliphatic rings. The number of methoxy groups -OCH3 is 1. The minimum absolute atomic E-state index is 0.00655. The van der Waals surface area contributed by atoms with Crippen LogP contribution in [0.4, 0.5) is 11.6 Å². The molecule has 9 nitrogen and oxygen atoms in total. The van der Waals surface area contributed by atoms with Crippen LogP contribution in [0.2, 0.25) is 0 Å². The van der Waals surface area contributed by atoms with E-state index < -0.39 is 4.92 Å². The molecule has 2 aromatic rings. The Balaban J connectivity index is 2.28. The van der Waals surface area contributed by atoms with Crippen molar-refractivity contribution >= 4 is 11.6 Å². The van der Waals surface area contributed by atoms with E-state index >= 15 is 0 Å². The molecular weight excluding hydrogens is 254 g/mol. The maximum Gasteiger partial charge on any atom is 0.330 e. The molecule has 9 heteroatoms. The maximum absolute atomic E-state index is 10.6. The molecule has 0 amide bonds. The van der Waals surface area contributed by atoms with Crippen molar-refractivity contribution in [2.75, 3.05) is 12.8 Å². The third-order valence-electron chi connectivity index (χ3n) is 2.03. The van der Waals surface area contributed by atoms with Gasteiger partial charge < -0.3 is 15.2 Å². The number of nitro benzene ring substituents is 1. The zero-order valence-corrected chi connectivity index (χ0v) is 9.81. The smallest absolute Gasteiger partial charge is 0.330 e. The van der Waals surface area contributed by atoms with Crippen molar-refractivity contribution in [1.82, 2.24) is 15.0 Å². The Labute approximate surface area is 107 Å². The number of nitro groups is 1. The normalized spacial score (nSPS) is 9.95. The second kappa shape index (κ2) is 5.12. The Morgan fingerprint density at radius 1 is 1.26 bits per heavy atom. The second-order valence-electron chi connectivity index (χ2n) is 3.32. The van der Waals surface area contributed by atoms with E-state index in [1.807, 2.05) is 0 Å². The molecule has 98 valence electrons. The van der Waals surface area contributed by atoms with Crippen molar-refractivity contribution in [2.45, 2.75) is 0 Å². The first-order valence-electron chi connectivity index (χ1n) is 5.06. The lowest BCUT2D eigenvalue weighted by molar-refractivity contribution is -0.384. The predicted molar refractivity (Wildman–Crippen MR) is 64.0 cm³/mol. The highest BCUT2D eigenvalue weighted by Gasteiger charge is 2.10. The van der Waals surface area contributed by atoms with Crippen LogP contribution in [0, 0.1) is 10.1 Å². The third kappa shape index (κ3) is 3.03. The highest BCUT2D eigenvalue weighted by Crippen LogP contribution is 2.23. The van der Waals surface area contributed by atoms with Crippen LogP contribution in [0.1, 0.15) is 0 Å². The average Bonchev–Trinajstić information content (AvgIpc) is 2.38. The summed E-state index contributed by atoms with van der Waals surface area (Å²) < 4.78 is 10.1. The Hall–Kier alpha value is -2.97. The molecule has 0 saturated heterocycles. The molecule has 0 spiro atoms. The van der Waals surface area contributed by atoms with Crippen molar-refractivity contribution in [1.29, 1.82) is 0 Å². The van der Waals surface area contributed by atoms with E-state index in [1.54, 1.807) is 0 Å². The molecule has 0 bridgehead atoms. The van der Waals surface area contributed by atoms with Gasteiger partial charge in [-0.25, -0.2) is 0 Å². The number of anilines is 1. The minimum Gasteiger partial charge on any atom is -0.467 e. The summed E-state index contributed by atoms with van der Waals surface area (Å²) in [7, 11) is 1.37. The van der Waals surface area contributed by atoms with Crippen LogP contribution in [0.25, 0.3) is 0 Å². The van der Waals surface area contributed by atoms with Crippen LogP contribution in [0.15, 0.2) is 24.3 Å². The van der Waals surface area contributed by atoms with Gasteiger partial charge in [-0.2, -0.15) is 9.97 Å². The fourth-order valence-corrected chi connectivity index (χ4v) is 1.26. The molecule has 0 aliphatic carbocycles. The second-order valence-corrected chi connectivity index (χ2v) is 3.32. The molecular formula is C10H9N5O4. The first-order valence-corrected chi connectivity index (χ1v) is 5.06. The van der Waals surface area contributed by atoms with Gasteiger partial charge in [-0.15, -0.1) is 4.98 Å². The largest absolute Gasteiger partial charge is 0.467 e. The van der Waals surface area contributed by atoms with Gasteiger partial charge in [0.1, 0.15) is 5.75 Å². The van der Waals surface area contributed by atoms with Crippen molar-refractivity contribution in [3.8, 4) is 17.8 Å². The van der Waals surface area contributed by atoms with Crippen molar-refractivity contribution in [3.05, 3.63) is 34.4 Å². The number of ether oxygens (including phenoxy) is 2. The van der Waals surface area contributed by atoms with Crippen LogP contribution in [-0.2, 0) is 0 Å². The first-order chi connectivity index (χ1) is 9.08. The molecule has 2 rings (SSSR count). The summed E-state index contributed by atoms with van der Waals surface area (Å²) in [5, 5.41) is 10.6. The van der Waals surface area contributed by atoms with Gasteiger partial charge in [0.15, 0.2) is 0 Å². The van der Waals surface area contributed by atoms with E-state index in [0.29, 0.717) is 0 Å². The number of non-ortho nitro benzene ring substituents is 1. The Kier molecular flexibility index (Phi) is 3.37. The van der Waals surface area contributed by atoms with Crippen LogP contribution in [0.3, 0.4) is 0 Å². The molecule has 0 radical (unpaired) electrons. The monoisotopic (exact) mass is 263 g/mol.